The van der Waals surface area contributed by atoms with Gasteiger partial charge >= 0.3 is 0 Å². The van der Waals surface area contributed by atoms with Gasteiger partial charge in [-0.25, -0.2) is 4.98 Å². The maximum atomic E-state index is 4.37. The zero-order valence-electron chi connectivity index (χ0n) is 7.01. The fourth-order valence-electron chi connectivity index (χ4n) is 1.33. The van der Waals surface area contributed by atoms with Gasteiger partial charge in [-0.1, -0.05) is 15.9 Å². The van der Waals surface area contributed by atoms with Gasteiger partial charge in [0.05, 0.1) is 5.52 Å². The fourth-order valence-corrected chi connectivity index (χ4v) is 2.22. The highest BCUT2D eigenvalue weighted by atomic mass is 79.9. The smallest absolute Gasteiger partial charge is 0.107 e. The summed E-state index contributed by atoms with van der Waals surface area (Å²) >= 11 is 6.82. The van der Waals surface area contributed by atoms with E-state index < -0.39 is 0 Å². The normalized spacial score (nSPS) is 10.7. The van der Waals surface area contributed by atoms with Crippen LogP contribution < -0.4 is 0 Å². The number of benzene rings is 1. The minimum Gasteiger partial charge on any atom is -0.241 e. The first-order chi connectivity index (χ1) is 6.16. The number of pyridine rings is 1. The van der Waals surface area contributed by atoms with Crippen LogP contribution in [-0.2, 0) is 0 Å². The zero-order valence-corrected chi connectivity index (χ0v) is 10.2. The molecule has 0 unspecified atom stereocenters. The molecule has 0 aliphatic heterocycles. The van der Waals surface area contributed by atoms with Gasteiger partial charge in [-0.05, 0) is 52.7 Å². The molecule has 0 bridgehead atoms. The first kappa shape index (κ1) is 9.16. The Balaban J connectivity index is 2.87. The molecule has 0 spiro atoms. The first-order valence-corrected chi connectivity index (χ1v) is 5.48. The highest BCUT2D eigenvalue weighted by Gasteiger charge is 2.00. The van der Waals surface area contributed by atoms with Crippen LogP contribution in [0.4, 0.5) is 0 Å². The summed E-state index contributed by atoms with van der Waals surface area (Å²) in [4.78, 5) is 4.37. The van der Waals surface area contributed by atoms with E-state index in [0.29, 0.717) is 0 Å². The molecule has 2 aromatic rings. The van der Waals surface area contributed by atoms with Gasteiger partial charge in [0.2, 0.25) is 0 Å². The lowest BCUT2D eigenvalue weighted by atomic mass is 10.1. The van der Waals surface area contributed by atoms with Crippen LogP contribution in [0.25, 0.3) is 10.9 Å². The van der Waals surface area contributed by atoms with Crippen LogP contribution in [0.3, 0.4) is 0 Å². The van der Waals surface area contributed by atoms with Crippen molar-refractivity contribution in [2.45, 2.75) is 6.92 Å². The molecule has 0 saturated carbocycles. The van der Waals surface area contributed by atoms with Crippen molar-refractivity contribution in [1.29, 1.82) is 0 Å². The third-order valence-electron chi connectivity index (χ3n) is 1.95. The molecule has 1 aromatic carbocycles. The summed E-state index contributed by atoms with van der Waals surface area (Å²) in [6.45, 7) is 2.08. The lowest BCUT2D eigenvalue weighted by Gasteiger charge is -2.02. The van der Waals surface area contributed by atoms with E-state index in [2.05, 4.69) is 49.8 Å². The summed E-state index contributed by atoms with van der Waals surface area (Å²) in [5, 5.41) is 1.19. The predicted octanol–water partition coefficient (Wildman–Crippen LogP) is 4.07. The summed E-state index contributed by atoms with van der Waals surface area (Å²) in [6.07, 6.45) is 0. The van der Waals surface area contributed by atoms with Crippen LogP contribution in [-0.4, -0.2) is 4.98 Å². The van der Waals surface area contributed by atoms with E-state index in [9.17, 15) is 0 Å². The second kappa shape index (κ2) is 3.39. The van der Waals surface area contributed by atoms with E-state index in [1.54, 1.807) is 0 Å². The molecule has 3 heteroatoms. The maximum absolute atomic E-state index is 4.37. The molecule has 1 nitrogen and oxygen atoms in total. The van der Waals surface area contributed by atoms with Crippen molar-refractivity contribution >= 4 is 42.8 Å². The molecule has 1 heterocycles. The van der Waals surface area contributed by atoms with Crippen LogP contribution >= 0.6 is 31.9 Å². The fraction of sp³-hybridized carbons (Fsp3) is 0.100. The molecular weight excluding hydrogens is 294 g/mol. The van der Waals surface area contributed by atoms with Gasteiger partial charge < -0.3 is 0 Å². The number of hydrogen-bond donors (Lipinski definition) is 0. The van der Waals surface area contributed by atoms with Crippen molar-refractivity contribution in [3.63, 3.8) is 0 Å². The standard InChI is InChI=1S/C10H7Br2N/c1-6-4-10(12)13-9-3-2-7(11)5-8(6)9/h2-5H,1H3. The Morgan fingerprint density at radius 3 is 2.69 bits per heavy atom. The van der Waals surface area contributed by atoms with Gasteiger partial charge in [-0.3, -0.25) is 0 Å². The van der Waals surface area contributed by atoms with Gasteiger partial charge in [0, 0.05) is 9.86 Å². The van der Waals surface area contributed by atoms with Crippen molar-refractivity contribution in [2.75, 3.05) is 0 Å². The molecule has 0 aliphatic carbocycles. The summed E-state index contributed by atoms with van der Waals surface area (Å²) in [5.74, 6) is 0. The molecule has 0 radical (unpaired) electrons. The maximum Gasteiger partial charge on any atom is 0.107 e. The molecule has 0 fully saturated rings. The SMILES string of the molecule is Cc1cc(Br)nc2ccc(Br)cc12. The molecular formula is C10H7Br2N. The number of halogens is 2. The average molecular weight is 301 g/mol. The molecule has 2 rings (SSSR count). The highest BCUT2D eigenvalue weighted by Crippen LogP contribution is 2.23. The van der Waals surface area contributed by atoms with Gasteiger partial charge in [0.15, 0.2) is 0 Å². The molecule has 0 atom stereocenters. The van der Waals surface area contributed by atoms with Crippen molar-refractivity contribution in [1.82, 2.24) is 4.98 Å². The molecule has 0 saturated heterocycles. The Kier molecular flexibility index (Phi) is 2.39. The van der Waals surface area contributed by atoms with E-state index >= 15 is 0 Å². The Labute approximate surface area is 93.4 Å². The second-order valence-corrected chi connectivity index (χ2v) is 4.65. The third-order valence-corrected chi connectivity index (χ3v) is 2.85. The second-order valence-electron chi connectivity index (χ2n) is 2.92. The first-order valence-electron chi connectivity index (χ1n) is 3.89. The Hall–Kier alpha value is -0.410. The Morgan fingerprint density at radius 1 is 1.15 bits per heavy atom. The van der Waals surface area contributed by atoms with E-state index in [4.69, 9.17) is 0 Å². The number of aromatic nitrogens is 1. The zero-order chi connectivity index (χ0) is 9.42. The van der Waals surface area contributed by atoms with Crippen molar-refractivity contribution in [2.24, 2.45) is 0 Å². The number of aryl methyl sites for hydroxylation is 1. The minimum atomic E-state index is 0.889. The largest absolute Gasteiger partial charge is 0.241 e. The van der Waals surface area contributed by atoms with Gasteiger partial charge in [-0.2, -0.15) is 0 Å². The van der Waals surface area contributed by atoms with E-state index in [-0.39, 0.29) is 0 Å². The quantitative estimate of drug-likeness (QED) is 0.668. The Bertz CT molecular complexity index is 466. The van der Waals surface area contributed by atoms with Crippen molar-refractivity contribution in [3.8, 4) is 0 Å². The predicted molar refractivity (Wildman–Crippen MR) is 61.9 cm³/mol. The summed E-state index contributed by atoms with van der Waals surface area (Å²) in [7, 11) is 0. The number of nitrogens with zero attached hydrogens (tertiary/aromatic N) is 1. The summed E-state index contributed by atoms with van der Waals surface area (Å²) in [6, 6.07) is 8.12. The molecule has 0 aliphatic rings. The summed E-state index contributed by atoms with van der Waals surface area (Å²) in [5.41, 5.74) is 2.26. The van der Waals surface area contributed by atoms with Crippen LogP contribution in [0.1, 0.15) is 5.56 Å². The monoisotopic (exact) mass is 299 g/mol. The topological polar surface area (TPSA) is 12.9 Å². The molecule has 13 heavy (non-hydrogen) atoms. The van der Waals surface area contributed by atoms with E-state index in [0.717, 1.165) is 14.6 Å². The molecule has 1 aromatic heterocycles. The van der Waals surface area contributed by atoms with E-state index in [1.807, 2.05) is 18.2 Å². The van der Waals surface area contributed by atoms with Gasteiger partial charge in [-0.15, -0.1) is 0 Å². The van der Waals surface area contributed by atoms with Crippen LogP contribution in [0.15, 0.2) is 33.3 Å². The minimum absolute atomic E-state index is 0.889. The number of hydrogen-bond acceptors (Lipinski definition) is 1. The molecule has 0 N–H and O–H groups in total. The molecule has 0 amide bonds. The van der Waals surface area contributed by atoms with Crippen molar-refractivity contribution < 1.29 is 0 Å². The number of rotatable bonds is 0. The highest BCUT2D eigenvalue weighted by molar-refractivity contribution is 9.10. The lowest BCUT2D eigenvalue weighted by Crippen LogP contribution is -1.84. The lowest BCUT2D eigenvalue weighted by molar-refractivity contribution is 1.31. The average Bonchev–Trinajstić information content (AvgIpc) is 2.06. The summed E-state index contributed by atoms with van der Waals surface area (Å²) < 4.78 is 1.98. The van der Waals surface area contributed by atoms with Crippen LogP contribution in [0.5, 0.6) is 0 Å². The van der Waals surface area contributed by atoms with Gasteiger partial charge in [0.25, 0.3) is 0 Å². The third kappa shape index (κ3) is 1.76. The van der Waals surface area contributed by atoms with Crippen LogP contribution in [0.2, 0.25) is 0 Å². The Morgan fingerprint density at radius 2 is 1.92 bits per heavy atom. The van der Waals surface area contributed by atoms with Crippen LogP contribution in [0, 0.1) is 6.92 Å². The molecule has 66 valence electrons. The van der Waals surface area contributed by atoms with Crippen molar-refractivity contribution in [3.05, 3.63) is 38.9 Å². The number of fused-ring (bicyclic) bond motifs is 1. The van der Waals surface area contributed by atoms with Gasteiger partial charge in [0.1, 0.15) is 4.60 Å². The van der Waals surface area contributed by atoms with E-state index in [1.165, 1.54) is 10.9 Å².